The second kappa shape index (κ2) is 7.28. The molecule has 2 aromatic carbocycles. The standard InChI is InChI=1S/C21H23NO3/c23-21(22-18-10-9-15-4-1-5-16(15)12-18)17-6-2-7-19(13-17)25-14-20-8-3-11-24-20/h2,6-7,9-10,12-13,20H,1,3-5,8,11,14H2,(H,22,23). The average Bonchev–Trinajstić information content (AvgIpc) is 3.31. The number of hydrogen-bond acceptors (Lipinski definition) is 3. The smallest absolute Gasteiger partial charge is 0.255 e. The summed E-state index contributed by atoms with van der Waals surface area (Å²) in [5.41, 5.74) is 4.22. The van der Waals surface area contributed by atoms with E-state index in [9.17, 15) is 4.79 Å². The average molecular weight is 337 g/mol. The molecule has 0 aromatic heterocycles. The predicted octanol–water partition coefficient (Wildman–Crippen LogP) is 3.99. The van der Waals surface area contributed by atoms with E-state index in [0.29, 0.717) is 17.9 Å². The highest BCUT2D eigenvalue weighted by molar-refractivity contribution is 6.04. The Bertz CT molecular complexity index is 765. The number of carbonyl (C=O) groups is 1. The second-order valence-electron chi connectivity index (χ2n) is 6.77. The molecule has 1 aliphatic heterocycles. The molecule has 0 radical (unpaired) electrons. The predicted molar refractivity (Wildman–Crippen MR) is 97.3 cm³/mol. The quantitative estimate of drug-likeness (QED) is 0.897. The zero-order valence-electron chi connectivity index (χ0n) is 14.3. The lowest BCUT2D eigenvalue weighted by Crippen LogP contribution is -2.17. The van der Waals surface area contributed by atoms with Gasteiger partial charge in [0, 0.05) is 17.9 Å². The number of amides is 1. The van der Waals surface area contributed by atoms with E-state index in [1.165, 1.54) is 17.5 Å². The van der Waals surface area contributed by atoms with Crippen LogP contribution in [0.2, 0.25) is 0 Å². The SMILES string of the molecule is O=C(Nc1ccc2c(c1)CCC2)c1cccc(OCC2CCCO2)c1. The van der Waals surface area contributed by atoms with Crippen molar-refractivity contribution in [3.05, 3.63) is 59.2 Å². The molecule has 4 rings (SSSR count). The van der Waals surface area contributed by atoms with E-state index in [1.807, 2.05) is 24.3 Å². The van der Waals surface area contributed by atoms with Gasteiger partial charge in [-0.05, 0) is 73.6 Å². The second-order valence-corrected chi connectivity index (χ2v) is 6.77. The van der Waals surface area contributed by atoms with Crippen LogP contribution in [-0.2, 0) is 17.6 Å². The minimum absolute atomic E-state index is 0.111. The third-order valence-electron chi connectivity index (χ3n) is 4.91. The van der Waals surface area contributed by atoms with E-state index in [4.69, 9.17) is 9.47 Å². The van der Waals surface area contributed by atoms with Crippen molar-refractivity contribution in [1.82, 2.24) is 0 Å². The molecule has 1 atom stereocenters. The van der Waals surface area contributed by atoms with Crippen molar-refractivity contribution < 1.29 is 14.3 Å². The van der Waals surface area contributed by atoms with E-state index in [2.05, 4.69) is 17.4 Å². The topological polar surface area (TPSA) is 47.6 Å². The first-order chi connectivity index (χ1) is 12.3. The maximum Gasteiger partial charge on any atom is 0.255 e. The molecule has 1 N–H and O–H groups in total. The highest BCUT2D eigenvalue weighted by Gasteiger charge is 2.16. The summed E-state index contributed by atoms with van der Waals surface area (Å²) in [5.74, 6) is 0.595. The van der Waals surface area contributed by atoms with Gasteiger partial charge in [0.05, 0.1) is 6.10 Å². The Hall–Kier alpha value is -2.33. The van der Waals surface area contributed by atoms with Crippen molar-refractivity contribution >= 4 is 11.6 Å². The zero-order chi connectivity index (χ0) is 17.1. The number of ether oxygens (including phenoxy) is 2. The van der Waals surface area contributed by atoms with Crippen molar-refractivity contribution in [2.75, 3.05) is 18.5 Å². The van der Waals surface area contributed by atoms with E-state index in [0.717, 1.165) is 38.0 Å². The summed E-state index contributed by atoms with van der Waals surface area (Å²) >= 11 is 0. The monoisotopic (exact) mass is 337 g/mol. The number of rotatable bonds is 5. The van der Waals surface area contributed by atoms with E-state index >= 15 is 0 Å². The Morgan fingerprint density at radius 3 is 2.92 bits per heavy atom. The van der Waals surface area contributed by atoms with Crippen LogP contribution in [0.5, 0.6) is 5.75 Å². The van der Waals surface area contributed by atoms with Crippen LogP contribution in [0.4, 0.5) is 5.69 Å². The van der Waals surface area contributed by atoms with E-state index in [1.54, 1.807) is 6.07 Å². The molecule has 0 spiro atoms. The van der Waals surface area contributed by atoms with Gasteiger partial charge in [-0.15, -0.1) is 0 Å². The first-order valence-electron chi connectivity index (χ1n) is 9.05. The molecule has 4 heteroatoms. The largest absolute Gasteiger partial charge is 0.491 e. The molecule has 1 fully saturated rings. The highest BCUT2D eigenvalue weighted by atomic mass is 16.5. The normalized spacial score (nSPS) is 18.8. The van der Waals surface area contributed by atoms with Gasteiger partial charge in [-0.3, -0.25) is 4.79 Å². The summed E-state index contributed by atoms with van der Waals surface area (Å²) in [4.78, 5) is 12.5. The van der Waals surface area contributed by atoms with Crippen LogP contribution in [-0.4, -0.2) is 25.2 Å². The summed E-state index contributed by atoms with van der Waals surface area (Å²) in [6.07, 6.45) is 5.76. The minimum atomic E-state index is -0.111. The number of benzene rings is 2. The van der Waals surface area contributed by atoms with Gasteiger partial charge in [0.25, 0.3) is 5.91 Å². The van der Waals surface area contributed by atoms with Gasteiger partial charge in [0.15, 0.2) is 0 Å². The Morgan fingerprint density at radius 2 is 2.04 bits per heavy atom. The number of hydrogen-bond donors (Lipinski definition) is 1. The molecular formula is C21H23NO3. The molecule has 1 saturated heterocycles. The number of anilines is 1. The summed E-state index contributed by atoms with van der Waals surface area (Å²) in [6.45, 7) is 1.35. The van der Waals surface area contributed by atoms with Crippen molar-refractivity contribution in [3.8, 4) is 5.75 Å². The summed E-state index contributed by atoms with van der Waals surface area (Å²) in [6, 6.07) is 13.5. The van der Waals surface area contributed by atoms with Gasteiger partial charge in [-0.25, -0.2) is 0 Å². The molecule has 2 aliphatic rings. The number of fused-ring (bicyclic) bond motifs is 1. The number of aryl methyl sites for hydroxylation is 2. The molecule has 1 unspecified atom stereocenters. The molecule has 25 heavy (non-hydrogen) atoms. The van der Waals surface area contributed by atoms with E-state index < -0.39 is 0 Å². The first kappa shape index (κ1) is 16.2. The Kier molecular flexibility index (Phi) is 4.70. The zero-order valence-corrected chi connectivity index (χ0v) is 14.3. The van der Waals surface area contributed by atoms with Gasteiger partial charge in [-0.2, -0.15) is 0 Å². The van der Waals surface area contributed by atoms with Crippen LogP contribution >= 0.6 is 0 Å². The van der Waals surface area contributed by atoms with Gasteiger partial charge in [0.1, 0.15) is 12.4 Å². The van der Waals surface area contributed by atoms with Crippen LogP contribution in [0, 0.1) is 0 Å². The molecule has 0 saturated carbocycles. The van der Waals surface area contributed by atoms with Gasteiger partial charge < -0.3 is 14.8 Å². The highest BCUT2D eigenvalue weighted by Crippen LogP contribution is 2.25. The Balaban J connectivity index is 1.40. The molecule has 130 valence electrons. The van der Waals surface area contributed by atoms with Gasteiger partial charge in [-0.1, -0.05) is 12.1 Å². The number of carbonyl (C=O) groups excluding carboxylic acids is 1. The van der Waals surface area contributed by atoms with Crippen molar-refractivity contribution in [2.45, 2.75) is 38.2 Å². The van der Waals surface area contributed by atoms with Crippen molar-refractivity contribution in [1.29, 1.82) is 0 Å². The summed E-state index contributed by atoms with van der Waals surface area (Å²) in [7, 11) is 0. The van der Waals surface area contributed by atoms with Crippen LogP contribution in [0.1, 0.15) is 40.7 Å². The number of nitrogens with one attached hydrogen (secondary N) is 1. The van der Waals surface area contributed by atoms with Crippen LogP contribution < -0.4 is 10.1 Å². The molecule has 1 amide bonds. The summed E-state index contributed by atoms with van der Waals surface area (Å²) < 4.78 is 11.4. The van der Waals surface area contributed by atoms with E-state index in [-0.39, 0.29) is 12.0 Å². The maximum absolute atomic E-state index is 12.5. The summed E-state index contributed by atoms with van der Waals surface area (Å²) in [5, 5.41) is 2.99. The third-order valence-corrected chi connectivity index (χ3v) is 4.91. The van der Waals surface area contributed by atoms with Crippen LogP contribution in [0.3, 0.4) is 0 Å². The molecule has 2 aromatic rings. The molecule has 0 bridgehead atoms. The molecule has 1 heterocycles. The molecular weight excluding hydrogens is 314 g/mol. The minimum Gasteiger partial charge on any atom is -0.491 e. The van der Waals surface area contributed by atoms with Crippen LogP contribution in [0.15, 0.2) is 42.5 Å². The van der Waals surface area contributed by atoms with Gasteiger partial charge in [0.2, 0.25) is 0 Å². The first-order valence-corrected chi connectivity index (χ1v) is 9.05. The fourth-order valence-electron chi connectivity index (χ4n) is 3.54. The lowest BCUT2D eigenvalue weighted by atomic mass is 10.1. The van der Waals surface area contributed by atoms with Crippen LogP contribution in [0.25, 0.3) is 0 Å². The van der Waals surface area contributed by atoms with Gasteiger partial charge >= 0.3 is 0 Å². The lowest BCUT2D eigenvalue weighted by molar-refractivity contribution is 0.0679. The fraction of sp³-hybridized carbons (Fsp3) is 0.381. The van der Waals surface area contributed by atoms with Crippen molar-refractivity contribution in [3.63, 3.8) is 0 Å². The molecule has 4 nitrogen and oxygen atoms in total. The lowest BCUT2D eigenvalue weighted by Gasteiger charge is -2.12. The Morgan fingerprint density at radius 1 is 1.12 bits per heavy atom. The maximum atomic E-state index is 12.5. The van der Waals surface area contributed by atoms with Crippen molar-refractivity contribution in [2.24, 2.45) is 0 Å². The fourth-order valence-corrected chi connectivity index (χ4v) is 3.54. The Labute approximate surface area is 148 Å². The molecule has 1 aliphatic carbocycles. The third kappa shape index (κ3) is 3.85.